The van der Waals surface area contributed by atoms with Gasteiger partial charge in [0.15, 0.2) is 9.84 Å². The maximum atomic E-state index is 13.8. The van der Waals surface area contributed by atoms with E-state index < -0.39 is 31.6 Å². The van der Waals surface area contributed by atoms with Crippen molar-refractivity contribution in [3.05, 3.63) is 29.8 Å². The van der Waals surface area contributed by atoms with E-state index in [0.717, 1.165) is 24.6 Å². The number of hydrogen-bond donors (Lipinski definition) is 1. The van der Waals surface area contributed by atoms with E-state index in [2.05, 4.69) is 5.32 Å². The van der Waals surface area contributed by atoms with Crippen molar-refractivity contribution in [3.63, 3.8) is 0 Å². The van der Waals surface area contributed by atoms with Crippen molar-refractivity contribution in [2.75, 3.05) is 7.05 Å². The molecule has 0 spiro atoms. The lowest BCUT2D eigenvalue weighted by atomic mass is 9.87. The maximum absolute atomic E-state index is 13.8. The van der Waals surface area contributed by atoms with Gasteiger partial charge in [-0.3, -0.25) is 0 Å². The summed E-state index contributed by atoms with van der Waals surface area (Å²) in [7, 11) is -2.21. The molecule has 0 bridgehead atoms. The molecular formula is C14H19F2NO2S. The maximum Gasteiger partial charge on any atom is 0.185 e. The van der Waals surface area contributed by atoms with Crippen molar-refractivity contribution in [1.82, 2.24) is 5.32 Å². The molecule has 112 valence electrons. The Labute approximate surface area is 118 Å². The van der Waals surface area contributed by atoms with Gasteiger partial charge in [0.05, 0.1) is 5.25 Å². The average Bonchev–Trinajstić information content (AvgIpc) is 2.67. The normalized spacial score (nSPS) is 25.9. The number of rotatable bonds is 3. The molecule has 0 aliphatic heterocycles. The van der Waals surface area contributed by atoms with Crippen molar-refractivity contribution >= 4 is 9.84 Å². The smallest absolute Gasteiger partial charge is 0.185 e. The van der Waals surface area contributed by atoms with Crippen LogP contribution in [0.4, 0.5) is 8.78 Å². The Kier molecular flexibility index (Phi) is 3.90. The largest absolute Gasteiger partial charge is 0.315 e. The van der Waals surface area contributed by atoms with Gasteiger partial charge in [0, 0.05) is 6.04 Å². The van der Waals surface area contributed by atoms with Gasteiger partial charge in [-0.1, -0.05) is 13.8 Å². The first-order valence-electron chi connectivity index (χ1n) is 6.56. The van der Waals surface area contributed by atoms with E-state index in [1.165, 1.54) is 0 Å². The van der Waals surface area contributed by atoms with Crippen LogP contribution in [0, 0.1) is 17.0 Å². The van der Waals surface area contributed by atoms with E-state index in [1.54, 1.807) is 7.05 Å². The van der Waals surface area contributed by atoms with Crippen LogP contribution in [0.25, 0.3) is 0 Å². The molecule has 1 aromatic carbocycles. The fourth-order valence-corrected chi connectivity index (χ4v) is 5.34. The predicted octanol–water partition coefficient (Wildman–Crippen LogP) is 2.52. The fourth-order valence-electron chi connectivity index (χ4n) is 3.11. The highest BCUT2D eigenvalue weighted by Crippen LogP contribution is 2.42. The lowest BCUT2D eigenvalue weighted by Crippen LogP contribution is -2.45. The first-order chi connectivity index (χ1) is 9.20. The quantitative estimate of drug-likeness (QED) is 0.933. The van der Waals surface area contributed by atoms with Gasteiger partial charge in [0.25, 0.3) is 0 Å². The van der Waals surface area contributed by atoms with Crippen molar-refractivity contribution in [2.45, 2.75) is 42.9 Å². The van der Waals surface area contributed by atoms with E-state index >= 15 is 0 Å². The van der Waals surface area contributed by atoms with Crippen molar-refractivity contribution in [1.29, 1.82) is 0 Å². The summed E-state index contributed by atoms with van der Waals surface area (Å²) in [5.41, 5.74) is -0.198. The number of halogens is 2. The Bertz CT molecular complexity index is 614. The Balaban J connectivity index is 2.48. The number of sulfone groups is 1. The first-order valence-corrected chi connectivity index (χ1v) is 8.11. The summed E-state index contributed by atoms with van der Waals surface area (Å²) in [5.74, 6) is -1.64. The minimum atomic E-state index is -3.90. The van der Waals surface area contributed by atoms with Crippen LogP contribution in [0.5, 0.6) is 0 Å². The van der Waals surface area contributed by atoms with Gasteiger partial charge in [-0.05, 0) is 43.5 Å². The molecular weight excluding hydrogens is 284 g/mol. The van der Waals surface area contributed by atoms with Crippen LogP contribution in [-0.4, -0.2) is 26.8 Å². The molecule has 0 radical (unpaired) electrons. The van der Waals surface area contributed by atoms with Crippen LogP contribution in [-0.2, 0) is 9.84 Å². The highest BCUT2D eigenvalue weighted by atomic mass is 32.2. The summed E-state index contributed by atoms with van der Waals surface area (Å²) in [6, 6.07) is 2.26. The second kappa shape index (κ2) is 5.07. The van der Waals surface area contributed by atoms with Crippen molar-refractivity contribution in [2.24, 2.45) is 5.41 Å². The van der Waals surface area contributed by atoms with Crippen LogP contribution >= 0.6 is 0 Å². The molecule has 6 heteroatoms. The van der Waals surface area contributed by atoms with Crippen LogP contribution in [0.2, 0.25) is 0 Å². The number of benzene rings is 1. The van der Waals surface area contributed by atoms with Gasteiger partial charge in [-0.25, -0.2) is 17.2 Å². The van der Waals surface area contributed by atoms with Crippen molar-refractivity contribution in [3.8, 4) is 0 Å². The summed E-state index contributed by atoms with van der Waals surface area (Å²) in [5, 5.41) is 2.28. The molecule has 1 N–H and O–H groups in total. The number of nitrogens with one attached hydrogen (secondary N) is 1. The molecule has 0 aromatic heterocycles. The van der Waals surface area contributed by atoms with Gasteiger partial charge in [-0.15, -0.1) is 0 Å². The highest BCUT2D eigenvalue weighted by Gasteiger charge is 2.48. The molecule has 0 amide bonds. The Morgan fingerprint density at radius 1 is 1.30 bits per heavy atom. The Morgan fingerprint density at radius 3 is 2.55 bits per heavy atom. The predicted molar refractivity (Wildman–Crippen MR) is 73.2 cm³/mol. The average molecular weight is 303 g/mol. The van der Waals surface area contributed by atoms with Crippen LogP contribution < -0.4 is 5.32 Å². The van der Waals surface area contributed by atoms with E-state index in [0.29, 0.717) is 6.42 Å². The van der Waals surface area contributed by atoms with Crippen LogP contribution in [0.1, 0.15) is 26.7 Å². The van der Waals surface area contributed by atoms with Crippen LogP contribution in [0.15, 0.2) is 23.1 Å². The second-order valence-corrected chi connectivity index (χ2v) is 8.09. The van der Waals surface area contributed by atoms with Crippen molar-refractivity contribution < 1.29 is 17.2 Å². The molecule has 1 aliphatic carbocycles. The zero-order valence-electron chi connectivity index (χ0n) is 11.8. The third-order valence-corrected chi connectivity index (χ3v) is 6.43. The van der Waals surface area contributed by atoms with E-state index in [-0.39, 0.29) is 11.5 Å². The van der Waals surface area contributed by atoms with Crippen LogP contribution in [0.3, 0.4) is 0 Å². The molecule has 2 unspecified atom stereocenters. The van der Waals surface area contributed by atoms with E-state index in [1.807, 2.05) is 13.8 Å². The lowest BCUT2D eigenvalue weighted by Gasteiger charge is -2.30. The summed E-state index contributed by atoms with van der Waals surface area (Å²) in [6.45, 7) is 3.96. The molecule has 1 saturated carbocycles. The molecule has 0 saturated heterocycles. The fraction of sp³-hybridized carbons (Fsp3) is 0.571. The Hall–Kier alpha value is -1.01. The van der Waals surface area contributed by atoms with Gasteiger partial charge in [0.1, 0.15) is 16.5 Å². The minimum Gasteiger partial charge on any atom is -0.315 e. The zero-order chi connectivity index (χ0) is 15.1. The molecule has 1 fully saturated rings. The van der Waals surface area contributed by atoms with Gasteiger partial charge in [0.2, 0.25) is 0 Å². The monoisotopic (exact) mass is 303 g/mol. The summed E-state index contributed by atoms with van der Waals surface area (Å²) in [4.78, 5) is -0.541. The number of hydrogen-bond acceptors (Lipinski definition) is 3. The zero-order valence-corrected chi connectivity index (χ0v) is 12.6. The molecule has 1 aromatic rings. The molecule has 0 heterocycles. The summed E-state index contributed by atoms with van der Waals surface area (Å²) in [6.07, 6.45) is 1.16. The molecule has 20 heavy (non-hydrogen) atoms. The standard InChI is InChI=1S/C14H19F2NO2S/c1-14(2)7-6-11(13(14)17-3)20(18,19)12-8-9(15)4-5-10(12)16/h4-5,8,11,13,17H,6-7H2,1-3H3. The third kappa shape index (κ3) is 2.46. The highest BCUT2D eigenvalue weighted by molar-refractivity contribution is 7.92. The minimum absolute atomic E-state index is 0.198. The molecule has 2 rings (SSSR count). The SMILES string of the molecule is CNC1C(S(=O)(=O)c2cc(F)ccc2F)CCC1(C)C. The molecule has 3 nitrogen and oxygen atoms in total. The molecule has 2 atom stereocenters. The summed E-state index contributed by atoms with van der Waals surface area (Å²) < 4.78 is 52.3. The summed E-state index contributed by atoms with van der Waals surface area (Å²) >= 11 is 0. The third-order valence-electron chi connectivity index (χ3n) is 4.20. The lowest BCUT2D eigenvalue weighted by molar-refractivity contribution is 0.297. The second-order valence-electron chi connectivity index (χ2n) is 5.95. The first kappa shape index (κ1) is 15.4. The molecule has 1 aliphatic rings. The Morgan fingerprint density at radius 2 is 1.95 bits per heavy atom. The topological polar surface area (TPSA) is 46.2 Å². The van der Waals surface area contributed by atoms with Gasteiger partial charge < -0.3 is 5.32 Å². The van der Waals surface area contributed by atoms with E-state index in [4.69, 9.17) is 0 Å². The van der Waals surface area contributed by atoms with Gasteiger partial charge >= 0.3 is 0 Å². The van der Waals surface area contributed by atoms with E-state index in [9.17, 15) is 17.2 Å². The van der Waals surface area contributed by atoms with Gasteiger partial charge in [-0.2, -0.15) is 0 Å².